The molecule has 88 valence electrons. The van der Waals surface area contributed by atoms with E-state index in [9.17, 15) is 0 Å². The molecule has 16 heavy (non-hydrogen) atoms. The van der Waals surface area contributed by atoms with Gasteiger partial charge in [0.2, 0.25) is 0 Å². The van der Waals surface area contributed by atoms with E-state index in [-0.39, 0.29) is 0 Å². The number of aromatic nitrogens is 1. The fourth-order valence-electron chi connectivity index (χ4n) is 2.41. The molecule has 1 aliphatic heterocycles. The normalized spacial score (nSPS) is 21.4. The van der Waals surface area contributed by atoms with Crippen molar-refractivity contribution in [3.63, 3.8) is 0 Å². The summed E-state index contributed by atoms with van der Waals surface area (Å²) in [5, 5.41) is 3.27. The van der Waals surface area contributed by atoms with Crippen molar-refractivity contribution in [3.8, 4) is 0 Å². The van der Waals surface area contributed by atoms with Gasteiger partial charge >= 0.3 is 0 Å². The second-order valence-corrected chi connectivity index (χ2v) is 4.62. The van der Waals surface area contributed by atoms with E-state index in [1.54, 1.807) is 0 Å². The average Bonchev–Trinajstić information content (AvgIpc) is 2.76. The van der Waals surface area contributed by atoms with Crippen LogP contribution in [-0.4, -0.2) is 43.1 Å². The maximum Gasteiger partial charge on any atom is 0.0270 e. The van der Waals surface area contributed by atoms with Gasteiger partial charge in [0.25, 0.3) is 0 Å². The highest BCUT2D eigenvalue weighted by atomic mass is 15.1. The van der Waals surface area contributed by atoms with Gasteiger partial charge in [-0.1, -0.05) is 0 Å². The summed E-state index contributed by atoms with van der Waals surface area (Å²) in [5.74, 6) is 0.849. The van der Waals surface area contributed by atoms with Crippen molar-refractivity contribution in [2.24, 2.45) is 5.92 Å². The Morgan fingerprint density at radius 2 is 2.25 bits per heavy atom. The fourth-order valence-corrected chi connectivity index (χ4v) is 2.41. The molecule has 3 heteroatoms. The third-order valence-corrected chi connectivity index (χ3v) is 3.33. The Morgan fingerprint density at radius 3 is 3.00 bits per heavy atom. The van der Waals surface area contributed by atoms with Gasteiger partial charge in [-0.05, 0) is 56.6 Å². The molecule has 1 unspecified atom stereocenters. The lowest BCUT2D eigenvalue weighted by Crippen LogP contribution is -2.26. The first-order valence-electron chi connectivity index (χ1n) is 6.14. The molecule has 1 aromatic heterocycles. The van der Waals surface area contributed by atoms with Crippen molar-refractivity contribution < 1.29 is 0 Å². The first-order valence-corrected chi connectivity index (χ1v) is 6.14. The number of hydrogen-bond acceptors (Lipinski definition) is 3. The molecule has 0 bridgehead atoms. The van der Waals surface area contributed by atoms with Crippen molar-refractivity contribution in [3.05, 3.63) is 30.1 Å². The minimum absolute atomic E-state index is 0.849. The number of nitrogens with zero attached hydrogens (tertiary/aromatic N) is 2. The van der Waals surface area contributed by atoms with Crippen LogP contribution in [0, 0.1) is 5.92 Å². The lowest BCUT2D eigenvalue weighted by atomic mass is 10.1. The molecule has 0 saturated carbocycles. The molecular weight excluding hydrogens is 198 g/mol. The van der Waals surface area contributed by atoms with Crippen LogP contribution >= 0.6 is 0 Å². The molecular formula is C13H21N3. The molecule has 1 N–H and O–H groups in total. The van der Waals surface area contributed by atoms with Crippen LogP contribution in [0.4, 0.5) is 0 Å². The monoisotopic (exact) mass is 219 g/mol. The molecule has 1 saturated heterocycles. The van der Waals surface area contributed by atoms with Crippen LogP contribution in [0.3, 0.4) is 0 Å². The largest absolute Gasteiger partial charge is 0.319 e. The molecule has 0 radical (unpaired) electrons. The number of pyridine rings is 1. The summed E-state index contributed by atoms with van der Waals surface area (Å²) in [6.45, 7) is 4.86. The molecule has 3 nitrogen and oxygen atoms in total. The zero-order chi connectivity index (χ0) is 11.2. The highest BCUT2D eigenvalue weighted by molar-refractivity contribution is 5.09. The first kappa shape index (κ1) is 11.6. The summed E-state index contributed by atoms with van der Waals surface area (Å²) in [6.07, 6.45) is 6.25. The van der Waals surface area contributed by atoms with E-state index >= 15 is 0 Å². The lowest BCUT2D eigenvalue weighted by Gasteiger charge is -2.15. The Labute approximate surface area is 97.9 Å². The first-order chi connectivity index (χ1) is 7.88. The standard InChI is InChI=1S/C13H21N3/c1-14-10-13-5-9-16(11-13)8-4-12-2-6-15-7-3-12/h2-3,6-7,13-14H,4-5,8-11H2,1H3. The number of hydrogen-bond donors (Lipinski definition) is 1. The quantitative estimate of drug-likeness (QED) is 0.805. The average molecular weight is 219 g/mol. The Morgan fingerprint density at radius 1 is 1.44 bits per heavy atom. The zero-order valence-electron chi connectivity index (χ0n) is 10.0. The molecule has 2 rings (SSSR count). The number of rotatable bonds is 5. The van der Waals surface area contributed by atoms with Gasteiger partial charge in [0, 0.05) is 25.5 Å². The molecule has 2 heterocycles. The summed E-state index contributed by atoms with van der Waals surface area (Å²) in [4.78, 5) is 6.61. The SMILES string of the molecule is CNCC1CCN(CCc2ccncc2)C1. The van der Waals surface area contributed by atoms with Gasteiger partial charge in [-0.3, -0.25) is 4.98 Å². The van der Waals surface area contributed by atoms with Gasteiger partial charge in [0.15, 0.2) is 0 Å². The van der Waals surface area contributed by atoms with E-state index in [1.165, 1.54) is 31.6 Å². The molecule has 0 aliphatic carbocycles. The van der Waals surface area contributed by atoms with E-state index in [0.29, 0.717) is 0 Å². The fraction of sp³-hybridized carbons (Fsp3) is 0.615. The van der Waals surface area contributed by atoms with E-state index in [4.69, 9.17) is 0 Å². The summed E-state index contributed by atoms with van der Waals surface area (Å²) in [5.41, 5.74) is 1.40. The molecule has 0 amide bonds. The molecule has 0 spiro atoms. The minimum atomic E-state index is 0.849. The van der Waals surface area contributed by atoms with E-state index < -0.39 is 0 Å². The molecule has 0 aromatic carbocycles. The smallest absolute Gasteiger partial charge is 0.0270 e. The van der Waals surface area contributed by atoms with Crippen molar-refractivity contribution in [2.75, 3.05) is 33.2 Å². The van der Waals surface area contributed by atoms with Crippen LogP contribution in [0.15, 0.2) is 24.5 Å². The predicted octanol–water partition coefficient (Wildman–Crippen LogP) is 1.17. The Bertz CT molecular complexity index is 299. The van der Waals surface area contributed by atoms with Crippen LogP contribution in [0.2, 0.25) is 0 Å². The third kappa shape index (κ3) is 3.29. The van der Waals surface area contributed by atoms with Crippen LogP contribution in [0.1, 0.15) is 12.0 Å². The zero-order valence-corrected chi connectivity index (χ0v) is 10.0. The maximum atomic E-state index is 4.04. The van der Waals surface area contributed by atoms with Crippen molar-refractivity contribution in [1.29, 1.82) is 0 Å². The highest BCUT2D eigenvalue weighted by Gasteiger charge is 2.20. The third-order valence-electron chi connectivity index (χ3n) is 3.33. The van der Waals surface area contributed by atoms with Crippen molar-refractivity contribution in [1.82, 2.24) is 15.2 Å². The summed E-state index contributed by atoms with van der Waals surface area (Å²) in [7, 11) is 2.04. The summed E-state index contributed by atoms with van der Waals surface area (Å²) >= 11 is 0. The number of nitrogens with one attached hydrogen (secondary N) is 1. The van der Waals surface area contributed by atoms with Crippen molar-refractivity contribution in [2.45, 2.75) is 12.8 Å². The van der Waals surface area contributed by atoms with E-state index in [2.05, 4.69) is 27.3 Å². The van der Waals surface area contributed by atoms with Gasteiger partial charge < -0.3 is 10.2 Å². The van der Waals surface area contributed by atoms with Crippen LogP contribution in [-0.2, 0) is 6.42 Å². The number of likely N-dealkylation sites (tertiary alicyclic amines) is 1. The second-order valence-electron chi connectivity index (χ2n) is 4.62. The Hall–Kier alpha value is -0.930. The van der Waals surface area contributed by atoms with Gasteiger partial charge in [0.1, 0.15) is 0 Å². The molecule has 1 atom stereocenters. The molecule has 1 aromatic rings. The predicted molar refractivity (Wildman–Crippen MR) is 66.4 cm³/mol. The van der Waals surface area contributed by atoms with Crippen LogP contribution in [0.25, 0.3) is 0 Å². The Kier molecular flexibility index (Phi) is 4.31. The summed E-state index contributed by atoms with van der Waals surface area (Å²) in [6, 6.07) is 4.22. The van der Waals surface area contributed by atoms with E-state index in [1.807, 2.05) is 19.4 Å². The highest BCUT2D eigenvalue weighted by Crippen LogP contribution is 2.15. The van der Waals surface area contributed by atoms with Gasteiger partial charge in [0.05, 0.1) is 0 Å². The molecule has 1 aliphatic rings. The van der Waals surface area contributed by atoms with Gasteiger partial charge in [-0.2, -0.15) is 0 Å². The van der Waals surface area contributed by atoms with Crippen LogP contribution in [0.5, 0.6) is 0 Å². The minimum Gasteiger partial charge on any atom is -0.319 e. The maximum absolute atomic E-state index is 4.04. The van der Waals surface area contributed by atoms with E-state index in [0.717, 1.165) is 18.9 Å². The topological polar surface area (TPSA) is 28.2 Å². The van der Waals surface area contributed by atoms with Gasteiger partial charge in [-0.25, -0.2) is 0 Å². The van der Waals surface area contributed by atoms with Crippen molar-refractivity contribution >= 4 is 0 Å². The lowest BCUT2D eigenvalue weighted by molar-refractivity contribution is 0.327. The Balaban J connectivity index is 1.72. The second kappa shape index (κ2) is 5.97. The van der Waals surface area contributed by atoms with Gasteiger partial charge in [-0.15, -0.1) is 0 Å². The summed E-state index contributed by atoms with van der Waals surface area (Å²) < 4.78 is 0. The molecule has 1 fully saturated rings. The van der Waals surface area contributed by atoms with Crippen LogP contribution < -0.4 is 5.32 Å².